The summed E-state index contributed by atoms with van der Waals surface area (Å²) in [6.45, 7) is 2.03. The number of alkyl halides is 3. The van der Waals surface area contributed by atoms with Gasteiger partial charge in [-0.1, -0.05) is 34.8 Å². The number of hydrogen-bond acceptors (Lipinski definition) is 6. The van der Waals surface area contributed by atoms with E-state index < -0.39 is 39.6 Å². The van der Waals surface area contributed by atoms with E-state index in [0.29, 0.717) is 13.0 Å². The van der Waals surface area contributed by atoms with Crippen LogP contribution in [0.2, 0.25) is 0 Å². The van der Waals surface area contributed by atoms with Crippen LogP contribution in [0.5, 0.6) is 0 Å². The van der Waals surface area contributed by atoms with Crippen molar-refractivity contribution in [3.05, 3.63) is 0 Å². The molecular weight excluding hydrogens is 357 g/mol. The first-order valence-electron chi connectivity index (χ1n) is 6.85. The summed E-state index contributed by atoms with van der Waals surface area (Å²) < 4.78 is 3.45. The van der Waals surface area contributed by atoms with Gasteiger partial charge in [0, 0.05) is 13.1 Å². The summed E-state index contributed by atoms with van der Waals surface area (Å²) in [6.07, 6.45) is -0.747. The fourth-order valence-electron chi connectivity index (χ4n) is 3.03. The molecule has 2 rings (SSSR count). The number of primary amides is 1. The van der Waals surface area contributed by atoms with Gasteiger partial charge in [-0.15, -0.1) is 0 Å². The van der Waals surface area contributed by atoms with Gasteiger partial charge in [-0.05, 0) is 19.8 Å². The molecule has 2 aliphatic heterocycles. The average Bonchev–Trinajstić information content (AvgIpc) is 2.87. The quantitative estimate of drug-likeness (QED) is 0.458. The van der Waals surface area contributed by atoms with Gasteiger partial charge >= 0.3 is 5.97 Å². The van der Waals surface area contributed by atoms with Gasteiger partial charge in [0.05, 0.1) is 6.10 Å². The number of carbonyl (C=O) groups excluding carboxylic acids is 2. The van der Waals surface area contributed by atoms with E-state index >= 15 is 0 Å². The molecule has 22 heavy (non-hydrogen) atoms. The van der Waals surface area contributed by atoms with Crippen LogP contribution in [0.1, 0.15) is 19.8 Å². The van der Waals surface area contributed by atoms with E-state index in [2.05, 4.69) is 5.32 Å². The number of nitrogens with zero attached hydrogens (tertiary/aromatic N) is 1. The lowest BCUT2D eigenvalue weighted by Gasteiger charge is -2.33. The number of ether oxygens (including phenoxy) is 1. The molecule has 0 spiro atoms. The highest BCUT2D eigenvalue weighted by molar-refractivity contribution is 6.68. The number of amides is 1. The average molecular weight is 375 g/mol. The molecule has 0 bridgehead atoms. The Balaban J connectivity index is 2.17. The van der Waals surface area contributed by atoms with Gasteiger partial charge in [0.25, 0.3) is 0 Å². The highest BCUT2D eigenvalue weighted by Gasteiger charge is 2.62. The molecule has 126 valence electrons. The molecule has 0 aromatic rings. The van der Waals surface area contributed by atoms with Crippen molar-refractivity contribution in [3.8, 4) is 0 Å². The lowest BCUT2D eigenvalue weighted by molar-refractivity contribution is -0.145. The Morgan fingerprint density at radius 2 is 2.27 bits per heavy atom. The summed E-state index contributed by atoms with van der Waals surface area (Å²) in [4.78, 5) is 25.4. The molecule has 2 saturated heterocycles. The molecule has 0 aliphatic carbocycles. The van der Waals surface area contributed by atoms with Crippen LogP contribution >= 0.6 is 34.8 Å². The molecule has 0 saturated carbocycles. The number of carbonyl (C=O) groups is 2. The van der Waals surface area contributed by atoms with E-state index in [0.717, 1.165) is 6.42 Å². The number of halogens is 3. The lowest BCUT2D eigenvalue weighted by atomic mass is 9.96. The van der Waals surface area contributed by atoms with Gasteiger partial charge in [0.1, 0.15) is 11.6 Å². The van der Waals surface area contributed by atoms with Gasteiger partial charge in [-0.2, -0.15) is 0 Å². The lowest BCUT2D eigenvalue weighted by Crippen LogP contribution is -2.59. The van der Waals surface area contributed by atoms with Crippen LogP contribution in [0, 0.1) is 0 Å². The molecule has 4 atom stereocenters. The van der Waals surface area contributed by atoms with Crippen LogP contribution in [0.15, 0.2) is 0 Å². The van der Waals surface area contributed by atoms with E-state index in [-0.39, 0.29) is 6.54 Å². The molecule has 0 aromatic carbocycles. The molecule has 2 aliphatic rings. The van der Waals surface area contributed by atoms with Crippen molar-refractivity contribution in [1.82, 2.24) is 10.2 Å². The topological polar surface area (TPSA) is 105 Å². The number of fused-ring (bicyclic) bond motifs is 1. The summed E-state index contributed by atoms with van der Waals surface area (Å²) in [7, 11) is 0. The Hall–Kier alpha value is -0.310. The highest BCUT2D eigenvalue weighted by atomic mass is 35.6. The second kappa shape index (κ2) is 6.30. The SMILES string of the molecule is CC(O)C(NCC12CCCN1C(C(Cl)(Cl)Cl)OC2=O)C(N)=O. The summed E-state index contributed by atoms with van der Waals surface area (Å²) in [5.74, 6) is -1.22. The fourth-order valence-corrected chi connectivity index (χ4v) is 3.52. The molecule has 0 aromatic heterocycles. The Morgan fingerprint density at radius 1 is 1.64 bits per heavy atom. The molecule has 7 nitrogen and oxygen atoms in total. The minimum Gasteiger partial charge on any atom is -0.440 e. The van der Waals surface area contributed by atoms with E-state index in [1.165, 1.54) is 6.92 Å². The fraction of sp³-hybridized carbons (Fsp3) is 0.833. The molecule has 1 amide bonds. The summed E-state index contributed by atoms with van der Waals surface area (Å²) >= 11 is 17.6. The van der Waals surface area contributed by atoms with Crippen LogP contribution in [-0.4, -0.2) is 62.7 Å². The van der Waals surface area contributed by atoms with Crippen LogP contribution < -0.4 is 11.1 Å². The smallest absolute Gasteiger partial charge is 0.329 e. The molecule has 4 N–H and O–H groups in total. The van der Waals surface area contributed by atoms with Crippen molar-refractivity contribution in [2.75, 3.05) is 13.1 Å². The van der Waals surface area contributed by atoms with Crippen molar-refractivity contribution < 1.29 is 19.4 Å². The molecule has 10 heteroatoms. The zero-order chi connectivity index (χ0) is 16.7. The Kier molecular flexibility index (Phi) is 5.16. The summed E-state index contributed by atoms with van der Waals surface area (Å²) in [6, 6.07) is -0.976. The number of rotatable bonds is 5. The number of nitrogens with one attached hydrogen (secondary N) is 1. The Bertz CT molecular complexity index is 471. The van der Waals surface area contributed by atoms with Crippen LogP contribution in [-0.2, 0) is 14.3 Å². The first kappa shape index (κ1) is 18.0. The maximum atomic E-state index is 12.3. The molecular formula is C12H18Cl3N3O4. The van der Waals surface area contributed by atoms with E-state index in [9.17, 15) is 14.7 Å². The second-order valence-corrected chi connectivity index (χ2v) is 8.00. The zero-order valence-electron chi connectivity index (χ0n) is 11.9. The van der Waals surface area contributed by atoms with E-state index in [4.69, 9.17) is 45.3 Å². The first-order chi connectivity index (χ1) is 10.1. The predicted molar refractivity (Wildman–Crippen MR) is 81.5 cm³/mol. The third kappa shape index (κ3) is 3.16. The van der Waals surface area contributed by atoms with Crippen molar-refractivity contribution in [2.45, 2.75) is 47.5 Å². The van der Waals surface area contributed by atoms with Gasteiger partial charge in [0.15, 0.2) is 0 Å². The Morgan fingerprint density at radius 3 is 2.77 bits per heavy atom. The summed E-state index contributed by atoms with van der Waals surface area (Å²) in [5, 5.41) is 12.4. The number of hydrogen-bond donors (Lipinski definition) is 3. The van der Waals surface area contributed by atoms with Gasteiger partial charge < -0.3 is 20.9 Å². The largest absolute Gasteiger partial charge is 0.440 e. The highest BCUT2D eigenvalue weighted by Crippen LogP contribution is 2.46. The number of cyclic esters (lactones) is 1. The van der Waals surface area contributed by atoms with Crippen LogP contribution in [0.3, 0.4) is 0 Å². The third-order valence-corrected chi connectivity index (χ3v) is 4.66. The van der Waals surface area contributed by atoms with Gasteiger partial charge in [0.2, 0.25) is 15.9 Å². The molecule has 2 heterocycles. The molecule has 0 radical (unpaired) electrons. The zero-order valence-corrected chi connectivity index (χ0v) is 14.2. The number of aliphatic hydroxyl groups is 1. The van der Waals surface area contributed by atoms with E-state index in [1.54, 1.807) is 4.90 Å². The number of esters is 1. The van der Waals surface area contributed by atoms with Crippen molar-refractivity contribution in [1.29, 1.82) is 0 Å². The van der Waals surface area contributed by atoms with Crippen LogP contribution in [0.4, 0.5) is 0 Å². The monoisotopic (exact) mass is 373 g/mol. The van der Waals surface area contributed by atoms with Gasteiger partial charge in [-0.25, -0.2) is 9.69 Å². The summed E-state index contributed by atoms with van der Waals surface area (Å²) in [5.41, 5.74) is 4.22. The van der Waals surface area contributed by atoms with Crippen molar-refractivity contribution >= 4 is 46.7 Å². The van der Waals surface area contributed by atoms with E-state index in [1.807, 2.05) is 0 Å². The minimum atomic E-state index is -1.77. The normalized spacial score (nSPS) is 31.7. The van der Waals surface area contributed by atoms with Crippen molar-refractivity contribution in [3.63, 3.8) is 0 Å². The number of aliphatic hydroxyl groups excluding tert-OH is 1. The minimum absolute atomic E-state index is 0.0710. The standard InChI is InChI=1S/C12H18Cl3N3O4/c1-6(19)7(8(16)20)17-5-11-3-2-4-18(11)9(12(13,14)15)22-10(11)21/h6-7,9,17,19H,2-5H2,1H3,(H2,16,20). The van der Waals surface area contributed by atoms with Crippen LogP contribution in [0.25, 0.3) is 0 Å². The Labute approximate surface area is 143 Å². The number of nitrogens with two attached hydrogens (primary N) is 1. The maximum Gasteiger partial charge on any atom is 0.329 e. The predicted octanol–water partition coefficient (Wildman–Crippen LogP) is -0.102. The van der Waals surface area contributed by atoms with Crippen molar-refractivity contribution in [2.24, 2.45) is 5.73 Å². The second-order valence-electron chi connectivity index (χ2n) is 5.63. The molecule has 4 unspecified atom stereocenters. The molecule has 2 fully saturated rings. The maximum absolute atomic E-state index is 12.3. The van der Waals surface area contributed by atoms with Gasteiger partial charge in [-0.3, -0.25) is 4.79 Å². The third-order valence-electron chi connectivity index (χ3n) is 4.10. The first-order valence-corrected chi connectivity index (χ1v) is 7.98.